The van der Waals surface area contributed by atoms with Crippen molar-refractivity contribution in [2.75, 3.05) is 57.0 Å². The van der Waals surface area contributed by atoms with Crippen molar-refractivity contribution in [2.45, 2.75) is 6.04 Å². The Morgan fingerprint density at radius 2 is 1.65 bits per heavy atom. The Bertz CT molecular complexity index is 1240. The van der Waals surface area contributed by atoms with Crippen LogP contribution in [0.15, 0.2) is 48.5 Å². The van der Waals surface area contributed by atoms with E-state index in [9.17, 15) is 14.4 Å². The molecule has 0 aliphatic carbocycles. The largest absolute Gasteiger partial charge is 0.497 e. The van der Waals surface area contributed by atoms with Crippen LogP contribution in [0.4, 0.5) is 17.1 Å². The van der Waals surface area contributed by atoms with Crippen molar-refractivity contribution < 1.29 is 23.9 Å². The summed E-state index contributed by atoms with van der Waals surface area (Å²) >= 11 is 0.745. The maximum absolute atomic E-state index is 14.0. The lowest BCUT2D eigenvalue weighted by molar-refractivity contribution is -0.122. The SMILES string of the molecule is COCCNC(=O)[C@H](c1ccc(N(C)C)cc1)N(C(=O)c1snc(C(N)=O)c1N)c1ccc(OC)cc1. The van der Waals surface area contributed by atoms with E-state index in [0.29, 0.717) is 17.0 Å². The van der Waals surface area contributed by atoms with Gasteiger partial charge < -0.3 is 31.2 Å². The Hall–Kier alpha value is -4.16. The van der Waals surface area contributed by atoms with E-state index in [4.69, 9.17) is 20.9 Å². The van der Waals surface area contributed by atoms with Crippen LogP contribution in [0.3, 0.4) is 0 Å². The summed E-state index contributed by atoms with van der Waals surface area (Å²) in [5.74, 6) is -1.33. The minimum atomic E-state index is -1.09. The Balaban J connectivity index is 2.18. The first-order valence-electron chi connectivity index (χ1n) is 11.3. The Morgan fingerprint density at radius 1 is 1.03 bits per heavy atom. The molecule has 1 atom stereocenters. The predicted molar refractivity (Wildman–Crippen MR) is 143 cm³/mol. The number of ether oxygens (including phenoxy) is 2. The van der Waals surface area contributed by atoms with Gasteiger partial charge in [0.05, 0.1) is 19.4 Å². The van der Waals surface area contributed by atoms with Crippen LogP contribution < -0.4 is 31.3 Å². The third kappa shape index (κ3) is 6.16. The smallest absolute Gasteiger partial charge is 0.273 e. The van der Waals surface area contributed by atoms with Crippen molar-refractivity contribution in [3.05, 3.63) is 64.7 Å². The third-order valence-electron chi connectivity index (χ3n) is 5.56. The zero-order valence-corrected chi connectivity index (χ0v) is 21.9. The van der Waals surface area contributed by atoms with Crippen molar-refractivity contribution >= 4 is 46.3 Å². The molecule has 11 nitrogen and oxygen atoms in total. The number of hydrogen-bond acceptors (Lipinski definition) is 9. The maximum Gasteiger partial charge on any atom is 0.273 e. The normalized spacial score (nSPS) is 11.5. The average Bonchev–Trinajstić information content (AvgIpc) is 3.28. The number of primary amides is 1. The predicted octanol–water partition coefficient (Wildman–Crippen LogP) is 2.05. The number of rotatable bonds is 11. The van der Waals surface area contributed by atoms with Crippen LogP contribution in [0, 0.1) is 0 Å². The number of nitrogens with two attached hydrogens (primary N) is 2. The fraction of sp³-hybridized carbons (Fsp3) is 0.280. The number of benzene rings is 2. The van der Waals surface area contributed by atoms with Crippen molar-refractivity contribution in [3.8, 4) is 5.75 Å². The number of anilines is 3. The molecule has 0 aliphatic heterocycles. The number of aromatic nitrogens is 1. The summed E-state index contributed by atoms with van der Waals surface area (Å²) in [6, 6.07) is 12.9. The Morgan fingerprint density at radius 3 is 2.16 bits per heavy atom. The fourth-order valence-corrected chi connectivity index (χ4v) is 4.35. The fourth-order valence-electron chi connectivity index (χ4n) is 3.61. The highest BCUT2D eigenvalue weighted by Gasteiger charge is 2.36. The van der Waals surface area contributed by atoms with E-state index in [-0.39, 0.29) is 29.4 Å². The summed E-state index contributed by atoms with van der Waals surface area (Å²) < 4.78 is 14.3. The number of methoxy groups -OCH3 is 2. The van der Waals surface area contributed by atoms with E-state index < -0.39 is 23.8 Å². The highest BCUT2D eigenvalue weighted by atomic mass is 32.1. The van der Waals surface area contributed by atoms with Gasteiger partial charge in [0.2, 0.25) is 5.91 Å². The van der Waals surface area contributed by atoms with Gasteiger partial charge in [0.15, 0.2) is 5.69 Å². The van der Waals surface area contributed by atoms with E-state index in [1.807, 2.05) is 31.1 Å². The summed E-state index contributed by atoms with van der Waals surface area (Å²) in [6.45, 7) is 0.527. The zero-order valence-electron chi connectivity index (χ0n) is 21.1. The van der Waals surface area contributed by atoms with Crippen molar-refractivity contribution in [1.82, 2.24) is 9.69 Å². The third-order valence-corrected chi connectivity index (χ3v) is 6.41. The lowest BCUT2D eigenvalue weighted by atomic mass is 10.0. The van der Waals surface area contributed by atoms with Gasteiger partial charge in [0.25, 0.3) is 11.8 Å². The van der Waals surface area contributed by atoms with E-state index in [0.717, 1.165) is 17.2 Å². The van der Waals surface area contributed by atoms with Gasteiger partial charge in [-0.3, -0.25) is 19.3 Å². The molecular weight excluding hydrogens is 496 g/mol. The number of amides is 3. The molecule has 3 amide bonds. The average molecular weight is 527 g/mol. The van der Waals surface area contributed by atoms with Gasteiger partial charge in [-0.25, -0.2) is 0 Å². The number of nitrogens with one attached hydrogen (secondary N) is 1. The standard InChI is InChI=1S/C25H30N6O5S/c1-30(2)16-7-5-15(6-8-16)21(24(33)28-13-14-35-3)31(17-9-11-18(36-4)12-10-17)25(34)22-19(26)20(23(27)32)29-37-22/h5-12,21H,13-14,26H2,1-4H3,(H2,27,32)(H,28,33)/t21-/m0/s1. The van der Waals surface area contributed by atoms with Gasteiger partial charge >= 0.3 is 0 Å². The van der Waals surface area contributed by atoms with Gasteiger partial charge in [-0.15, -0.1) is 0 Å². The number of nitrogen functional groups attached to an aromatic ring is 1. The van der Waals surface area contributed by atoms with Crippen LogP contribution >= 0.6 is 11.5 Å². The minimum Gasteiger partial charge on any atom is -0.497 e. The molecule has 1 aromatic heterocycles. The quantitative estimate of drug-likeness (QED) is 0.321. The van der Waals surface area contributed by atoms with Crippen molar-refractivity contribution in [1.29, 1.82) is 0 Å². The number of carbonyl (C=O) groups excluding carboxylic acids is 3. The first-order chi connectivity index (χ1) is 17.7. The molecule has 37 heavy (non-hydrogen) atoms. The molecule has 0 radical (unpaired) electrons. The lowest BCUT2D eigenvalue weighted by Gasteiger charge is -2.31. The van der Waals surface area contributed by atoms with Crippen LogP contribution in [0.1, 0.15) is 31.8 Å². The van der Waals surface area contributed by atoms with Crippen LogP contribution in [0.5, 0.6) is 5.75 Å². The van der Waals surface area contributed by atoms with Gasteiger partial charge in [0, 0.05) is 39.1 Å². The number of nitrogens with zero attached hydrogens (tertiary/aromatic N) is 3. The van der Waals surface area contributed by atoms with Crippen LogP contribution in [0.2, 0.25) is 0 Å². The molecule has 5 N–H and O–H groups in total. The molecular formula is C25H30N6O5S. The topological polar surface area (TPSA) is 153 Å². The molecule has 0 spiro atoms. The molecule has 2 aromatic carbocycles. The van der Waals surface area contributed by atoms with E-state index >= 15 is 0 Å². The van der Waals surface area contributed by atoms with Gasteiger partial charge in [0.1, 0.15) is 16.7 Å². The zero-order chi connectivity index (χ0) is 27.1. The van der Waals surface area contributed by atoms with Gasteiger partial charge in [-0.05, 0) is 53.5 Å². The molecule has 3 aromatic rings. The van der Waals surface area contributed by atoms with Gasteiger partial charge in [-0.2, -0.15) is 4.37 Å². The second-order valence-electron chi connectivity index (χ2n) is 8.18. The molecule has 196 valence electrons. The molecule has 3 rings (SSSR count). The molecule has 0 unspecified atom stereocenters. The monoisotopic (exact) mass is 526 g/mol. The molecule has 1 heterocycles. The van der Waals surface area contributed by atoms with E-state index in [2.05, 4.69) is 9.69 Å². The van der Waals surface area contributed by atoms with E-state index in [1.165, 1.54) is 19.1 Å². The highest BCUT2D eigenvalue weighted by Crippen LogP contribution is 2.34. The second-order valence-corrected chi connectivity index (χ2v) is 8.96. The Labute approximate surface area is 219 Å². The summed E-state index contributed by atoms with van der Waals surface area (Å²) in [7, 11) is 6.86. The van der Waals surface area contributed by atoms with Gasteiger partial charge in [-0.1, -0.05) is 12.1 Å². The van der Waals surface area contributed by atoms with Crippen LogP contribution in [-0.2, 0) is 9.53 Å². The molecule has 0 aliphatic rings. The molecule has 0 bridgehead atoms. The lowest BCUT2D eigenvalue weighted by Crippen LogP contribution is -2.44. The first kappa shape index (κ1) is 27.4. The van der Waals surface area contributed by atoms with Crippen LogP contribution in [0.25, 0.3) is 0 Å². The number of hydrogen-bond donors (Lipinski definition) is 3. The van der Waals surface area contributed by atoms with Crippen LogP contribution in [-0.4, -0.2) is 63.6 Å². The minimum absolute atomic E-state index is 0.00998. The van der Waals surface area contributed by atoms with Crippen molar-refractivity contribution in [3.63, 3.8) is 0 Å². The summed E-state index contributed by atoms with van der Waals surface area (Å²) in [5, 5.41) is 2.83. The summed E-state index contributed by atoms with van der Waals surface area (Å²) in [6.07, 6.45) is 0. The maximum atomic E-state index is 14.0. The summed E-state index contributed by atoms with van der Waals surface area (Å²) in [5.41, 5.74) is 13.0. The number of carbonyl (C=O) groups is 3. The molecule has 0 fully saturated rings. The van der Waals surface area contributed by atoms with Crippen molar-refractivity contribution in [2.24, 2.45) is 5.73 Å². The molecule has 0 saturated heterocycles. The molecule has 0 saturated carbocycles. The highest BCUT2D eigenvalue weighted by molar-refractivity contribution is 7.09. The second kappa shape index (κ2) is 12.2. The van der Waals surface area contributed by atoms with E-state index in [1.54, 1.807) is 36.4 Å². The molecule has 12 heteroatoms. The first-order valence-corrected chi connectivity index (χ1v) is 12.0. The summed E-state index contributed by atoms with van der Waals surface area (Å²) in [4.78, 5) is 42.6. The Kier molecular flexibility index (Phi) is 9.04.